The molecule has 5 nitrogen and oxygen atoms in total. The van der Waals surface area contributed by atoms with Gasteiger partial charge in [0.05, 0.1) is 6.21 Å². The van der Waals surface area contributed by atoms with Crippen LogP contribution in [0.1, 0.15) is 24.0 Å². The molecule has 0 saturated heterocycles. The summed E-state index contributed by atoms with van der Waals surface area (Å²) in [6.07, 6.45) is 1.82. The lowest BCUT2D eigenvalue weighted by Crippen LogP contribution is -2.21. The van der Waals surface area contributed by atoms with Gasteiger partial charge in [0, 0.05) is 27.7 Å². The van der Waals surface area contributed by atoms with Gasteiger partial charge in [0.25, 0.3) is 0 Å². The maximum atomic E-state index is 12.2. The molecule has 0 unspecified atom stereocenters. The normalized spacial score (nSPS) is 11.2. The fraction of sp³-hybridized carbons (Fsp3) is 0.115. The van der Waals surface area contributed by atoms with Crippen LogP contribution in [0.2, 0.25) is 0 Å². The minimum atomic E-state index is -0.305. The third-order valence-electron chi connectivity index (χ3n) is 5.24. The predicted octanol–water partition coefficient (Wildman–Crippen LogP) is 5.78. The molecule has 0 heterocycles. The Hall–Kier alpha value is -3.26. The van der Waals surface area contributed by atoms with Crippen molar-refractivity contribution in [3.63, 3.8) is 0 Å². The van der Waals surface area contributed by atoms with Gasteiger partial charge in [0.2, 0.25) is 11.8 Å². The molecule has 4 aromatic rings. The maximum Gasteiger partial charge on any atom is 0.240 e. The molecule has 0 bridgehead atoms. The highest BCUT2D eigenvalue weighted by Crippen LogP contribution is 2.27. The van der Waals surface area contributed by atoms with Crippen LogP contribution >= 0.6 is 22.6 Å². The van der Waals surface area contributed by atoms with Crippen molar-refractivity contribution in [2.75, 3.05) is 5.32 Å². The number of amides is 2. The molecular weight excluding hydrogens is 513 g/mol. The molecule has 4 aromatic carbocycles. The molecule has 0 aliphatic carbocycles. The van der Waals surface area contributed by atoms with Crippen LogP contribution in [0, 0.1) is 10.5 Å². The Morgan fingerprint density at radius 1 is 0.875 bits per heavy atom. The second kappa shape index (κ2) is 9.91. The van der Waals surface area contributed by atoms with Gasteiger partial charge in [-0.3, -0.25) is 9.59 Å². The Labute approximate surface area is 200 Å². The van der Waals surface area contributed by atoms with E-state index in [2.05, 4.69) is 56.6 Å². The molecule has 0 atom stereocenters. The topological polar surface area (TPSA) is 70.6 Å². The number of hydrogen-bond acceptors (Lipinski definition) is 3. The fourth-order valence-corrected chi connectivity index (χ4v) is 4.27. The van der Waals surface area contributed by atoms with E-state index in [1.165, 1.54) is 0 Å². The smallest absolute Gasteiger partial charge is 0.240 e. The quantitative estimate of drug-likeness (QED) is 0.142. The van der Waals surface area contributed by atoms with Crippen LogP contribution in [-0.2, 0) is 9.59 Å². The van der Waals surface area contributed by atoms with Crippen molar-refractivity contribution in [2.45, 2.75) is 19.8 Å². The Bertz CT molecular complexity index is 1290. The first-order chi connectivity index (χ1) is 15.5. The van der Waals surface area contributed by atoms with Crippen molar-refractivity contribution in [1.82, 2.24) is 5.43 Å². The van der Waals surface area contributed by atoms with Crippen molar-refractivity contribution >= 4 is 67.9 Å². The molecule has 0 radical (unpaired) electrons. The van der Waals surface area contributed by atoms with Crippen LogP contribution < -0.4 is 10.7 Å². The zero-order valence-electron chi connectivity index (χ0n) is 17.6. The van der Waals surface area contributed by atoms with E-state index >= 15 is 0 Å². The van der Waals surface area contributed by atoms with Gasteiger partial charge in [-0.2, -0.15) is 5.10 Å². The van der Waals surface area contributed by atoms with Crippen LogP contribution in [0.5, 0.6) is 0 Å². The van der Waals surface area contributed by atoms with E-state index in [1.807, 2.05) is 61.5 Å². The minimum Gasteiger partial charge on any atom is -0.326 e. The van der Waals surface area contributed by atoms with Gasteiger partial charge in [-0.05, 0) is 80.9 Å². The summed E-state index contributed by atoms with van der Waals surface area (Å²) < 4.78 is 1.11. The summed E-state index contributed by atoms with van der Waals surface area (Å²) in [6.45, 7) is 1.94. The molecule has 32 heavy (non-hydrogen) atoms. The largest absolute Gasteiger partial charge is 0.326 e. The molecule has 0 fully saturated rings. The standard InChI is InChI=1S/C26H22IN3O2/c1-17-14-20(27)10-11-24(17)29-25(31)12-13-26(32)30-28-16-23-21-8-4-2-6-18(21)15-19-7-3-5-9-22(19)23/h2-11,14-16H,12-13H2,1H3,(H,29,31)(H,30,32)/b28-16+. The first-order valence-electron chi connectivity index (χ1n) is 10.3. The summed E-state index contributed by atoms with van der Waals surface area (Å²) in [4.78, 5) is 24.4. The third-order valence-corrected chi connectivity index (χ3v) is 5.91. The number of carbonyl (C=O) groups is 2. The van der Waals surface area contributed by atoms with Crippen molar-refractivity contribution in [3.05, 3.63) is 87.5 Å². The first kappa shape index (κ1) is 22.0. The molecule has 2 N–H and O–H groups in total. The van der Waals surface area contributed by atoms with E-state index in [9.17, 15) is 9.59 Å². The second-order valence-corrected chi connectivity index (χ2v) is 8.78. The van der Waals surface area contributed by atoms with Crippen LogP contribution in [0.4, 0.5) is 5.69 Å². The number of hydrogen-bond donors (Lipinski definition) is 2. The van der Waals surface area contributed by atoms with E-state index in [0.29, 0.717) is 0 Å². The molecule has 0 aromatic heterocycles. The highest BCUT2D eigenvalue weighted by molar-refractivity contribution is 14.1. The zero-order chi connectivity index (χ0) is 22.5. The maximum absolute atomic E-state index is 12.2. The number of rotatable bonds is 6. The number of benzene rings is 4. The van der Waals surface area contributed by atoms with Crippen LogP contribution in [0.25, 0.3) is 21.5 Å². The number of nitrogens with zero attached hydrogens (tertiary/aromatic N) is 1. The average Bonchev–Trinajstić information content (AvgIpc) is 2.79. The minimum absolute atomic E-state index is 0.0584. The molecular formula is C26H22IN3O2. The lowest BCUT2D eigenvalue weighted by atomic mass is 9.97. The van der Waals surface area contributed by atoms with E-state index in [4.69, 9.17) is 0 Å². The SMILES string of the molecule is Cc1cc(I)ccc1NC(=O)CCC(=O)N/N=C/c1c2ccccc2cc2ccccc12. The first-order valence-corrected chi connectivity index (χ1v) is 11.4. The highest BCUT2D eigenvalue weighted by atomic mass is 127. The monoisotopic (exact) mass is 535 g/mol. The van der Waals surface area contributed by atoms with E-state index in [-0.39, 0.29) is 24.7 Å². The van der Waals surface area contributed by atoms with E-state index in [0.717, 1.165) is 41.9 Å². The summed E-state index contributed by atoms with van der Waals surface area (Å²) >= 11 is 2.23. The van der Waals surface area contributed by atoms with Gasteiger partial charge >= 0.3 is 0 Å². The molecule has 0 aliphatic heterocycles. The second-order valence-electron chi connectivity index (χ2n) is 7.53. The molecule has 0 aliphatic rings. The lowest BCUT2D eigenvalue weighted by molar-refractivity contribution is -0.124. The molecule has 160 valence electrons. The zero-order valence-corrected chi connectivity index (χ0v) is 19.7. The Morgan fingerprint density at radius 2 is 1.50 bits per heavy atom. The Balaban J connectivity index is 1.40. The molecule has 0 saturated carbocycles. The van der Waals surface area contributed by atoms with Gasteiger partial charge in [-0.15, -0.1) is 0 Å². The van der Waals surface area contributed by atoms with Gasteiger partial charge < -0.3 is 5.32 Å². The summed E-state index contributed by atoms with van der Waals surface area (Å²) in [5.41, 5.74) is 5.25. The van der Waals surface area contributed by atoms with Gasteiger partial charge in [-0.25, -0.2) is 5.43 Å². The average molecular weight is 535 g/mol. The number of aryl methyl sites for hydroxylation is 1. The predicted molar refractivity (Wildman–Crippen MR) is 139 cm³/mol. The molecule has 2 amide bonds. The van der Waals surface area contributed by atoms with Gasteiger partial charge in [-0.1, -0.05) is 48.5 Å². The molecule has 4 rings (SSSR count). The number of nitrogens with one attached hydrogen (secondary N) is 2. The summed E-state index contributed by atoms with van der Waals surface area (Å²) in [5.74, 6) is -0.506. The summed E-state index contributed by atoms with van der Waals surface area (Å²) in [6, 6.07) is 24.1. The van der Waals surface area contributed by atoms with Crippen molar-refractivity contribution < 1.29 is 9.59 Å². The lowest BCUT2D eigenvalue weighted by Gasteiger charge is -2.09. The summed E-state index contributed by atoms with van der Waals surface area (Å²) in [7, 11) is 0. The van der Waals surface area contributed by atoms with Crippen LogP contribution in [0.3, 0.4) is 0 Å². The number of hydrazone groups is 1. The van der Waals surface area contributed by atoms with Crippen molar-refractivity contribution in [3.8, 4) is 0 Å². The Morgan fingerprint density at radius 3 is 2.16 bits per heavy atom. The van der Waals surface area contributed by atoms with E-state index < -0.39 is 0 Å². The number of anilines is 1. The number of carbonyl (C=O) groups excluding carboxylic acids is 2. The van der Waals surface area contributed by atoms with Crippen molar-refractivity contribution in [2.24, 2.45) is 5.10 Å². The van der Waals surface area contributed by atoms with Gasteiger partial charge in [0.15, 0.2) is 0 Å². The van der Waals surface area contributed by atoms with Crippen molar-refractivity contribution in [1.29, 1.82) is 0 Å². The van der Waals surface area contributed by atoms with Gasteiger partial charge in [0.1, 0.15) is 0 Å². The summed E-state index contributed by atoms with van der Waals surface area (Å²) in [5, 5.41) is 11.4. The molecule has 6 heteroatoms. The fourth-order valence-electron chi connectivity index (χ4n) is 3.62. The molecule has 0 spiro atoms. The van der Waals surface area contributed by atoms with E-state index in [1.54, 1.807) is 6.21 Å². The highest BCUT2D eigenvalue weighted by Gasteiger charge is 2.09. The number of fused-ring (bicyclic) bond motifs is 2. The Kier molecular flexibility index (Phi) is 6.80. The van der Waals surface area contributed by atoms with Crippen LogP contribution in [0.15, 0.2) is 77.9 Å². The third kappa shape index (κ3) is 5.13. The van der Waals surface area contributed by atoms with Crippen LogP contribution in [-0.4, -0.2) is 18.0 Å². The number of halogens is 1.